The van der Waals surface area contributed by atoms with Crippen molar-refractivity contribution in [1.82, 2.24) is 0 Å². The van der Waals surface area contributed by atoms with Gasteiger partial charge < -0.3 is 15.4 Å². The van der Waals surface area contributed by atoms with Crippen LogP contribution < -0.4 is 10.6 Å². The maximum absolute atomic E-state index is 12.4. The van der Waals surface area contributed by atoms with Crippen molar-refractivity contribution in [2.75, 3.05) is 17.7 Å². The second-order valence-corrected chi connectivity index (χ2v) is 6.33. The Morgan fingerprint density at radius 1 is 0.923 bits per heavy atom. The van der Waals surface area contributed by atoms with Crippen LogP contribution in [0, 0.1) is 18.8 Å². The lowest BCUT2D eigenvalue weighted by Crippen LogP contribution is -2.21. The van der Waals surface area contributed by atoms with Crippen molar-refractivity contribution in [1.29, 1.82) is 0 Å². The molecule has 2 atom stereocenters. The van der Waals surface area contributed by atoms with Gasteiger partial charge in [0.25, 0.3) is 0 Å². The molecule has 2 aromatic carbocycles. The van der Waals surface area contributed by atoms with E-state index in [1.807, 2.05) is 31.2 Å². The number of methoxy groups -OCH3 is 1. The molecule has 2 N–H and O–H groups in total. The molecule has 2 unspecified atom stereocenters. The number of nitrogens with one attached hydrogen (secondary N) is 2. The molecule has 0 aliphatic heterocycles. The first-order valence-electron chi connectivity index (χ1n) is 8.35. The van der Waals surface area contributed by atoms with E-state index < -0.39 is 11.9 Å². The van der Waals surface area contributed by atoms with Gasteiger partial charge in [-0.15, -0.1) is 0 Å². The Balaban J connectivity index is 1.60. The van der Waals surface area contributed by atoms with Crippen LogP contribution in [0.15, 0.2) is 48.5 Å². The molecule has 6 nitrogen and oxygen atoms in total. The van der Waals surface area contributed by atoms with Gasteiger partial charge in [-0.3, -0.25) is 9.59 Å². The Morgan fingerprint density at radius 3 is 2.19 bits per heavy atom. The number of rotatable bonds is 5. The molecule has 134 valence electrons. The van der Waals surface area contributed by atoms with Gasteiger partial charge in [0.15, 0.2) is 0 Å². The fourth-order valence-corrected chi connectivity index (χ4v) is 2.75. The zero-order chi connectivity index (χ0) is 18.7. The van der Waals surface area contributed by atoms with Crippen LogP contribution in [0.4, 0.5) is 11.4 Å². The molecular weight excluding hydrogens is 332 g/mol. The molecule has 3 rings (SSSR count). The highest BCUT2D eigenvalue weighted by molar-refractivity contribution is 6.06. The molecule has 0 radical (unpaired) electrons. The first-order chi connectivity index (χ1) is 12.5. The second-order valence-electron chi connectivity index (χ2n) is 6.33. The number of amides is 2. The van der Waals surface area contributed by atoms with E-state index in [4.69, 9.17) is 4.74 Å². The number of esters is 1. The minimum absolute atomic E-state index is 0.171. The summed E-state index contributed by atoms with van der Waals surface area (Å²) in [5.41, 5.74) is 2.48. The van der Waals surface area contributed by atoms with Crippen LogP contribution in [0.2, 0.25) is 0 Å². The Bertz CT molecular complexity index is 845. The number of benzene rings is 2. The number of hydrogen-bond acceptors (Lipinski definition) is 4. The van der Waals surface area contributed by atoms with Gasteiger partial charge in [0.2, 0.25) is 11.8 Å². The maximum Gasteiger partial charge on any atom is 0.339 e. The summed E-state index contributed by atoms with van der Waals surface area (Å²) in [6.45, 7) is 1.97. The van der Waals surface area contributed by atoms with Crippen molar-refractivity contribution in [2.45, 2.75) is 13.3 Å². The number of anilines is 2. The van der Waals surface area contributed by atoms with E-state index in [2.05, 4.69) is 10.6 Å². The van der Waals surface area contributed by atoms with Gasteiger partial charge in [-0.25, -0.2) is 4.79 Å². The van der Waals surface area contributed by atoms with Crippen LogP contribution in [0.25, 0.3) is 0 Å². The van der Waals surface area contributed by atoms with Gasteiger partial charge in [0.1, 0.15) is 0 Å². The molecule has 0 saturated heterocycles. The lowest BCUT2D eigenvalue weighted by atomic mass is 10.1. The average molecular weight is 352 g/mol. The molecule has 1 aliphatic rings. The predicted octanol–water partition coefficient (Wildman–Crippen LogP) is 2.99. The Hall–Kier alpha value is -3.15. The minimum atomic E-state index is -0.523. The summed E-state index contributed by atoms with van der Waals surface area (Å²) in [5, 5.41) is 5.55. The maximum atomic E-state index is 12.4. The van der Waals surface area contributed by atoms with Gasteiger partial charge in [0, 0.05) is 5.69 Å². The van der Waals surface area contributed by atoms with Crippen molar-refractivity contribution >= 4 is 29.2 Å². The van der Waals surface area contributed by atoms with E-state index in [9.17, 15) is 14.4 Å². The molecule has 1 fully saturated rings. The molecule has 1 saturated carbocycles. The molecular formula is C20H20N2O4. The summed E-state index contributed by atoms with van der Waals surface area (Å²) >= 11 is 0. The first-order valence-corrected chi connectivity index (χ1v) is 8.35. The molecule has 0 aromatic heterocycles. The average Bonchev–Trinajstić information content (AvgIpc) is 3.44. The van der Waals surface area contributed by atoms with Crippen LogP contribution in [0.1, 0.15) is 22.3 Å². The number of carbonyl (C=O) groups excluding carboxylic acids is 3. The van der Waals surface area contributed by atoms with Gasteiger partial charge in [-0.1, -0.05) is 29.8 Å². The van der Waals surface area contributed by atoms with Crippen LogP contribution >= 0.6 is 0 Å². The normalized spacial score (nSPS) is 17.9. The van der Waals surface area contributed by atoms with E-state index in [1.165, 1.54) is 7.11 Å². The standard InChI is InChI=1S/C20H20N2O4/c1-12-7-9-13(10-8-12)21-18(23)15-11-16(15)19(24)22-17-6-4-3-5-14(17)20(25)26-2/h3-10,15-16H,11H2,1-2H3,(H,21,23)(H,22,24). The second kappa shape index (κ2) is 7.39. The number of para-hydroxylation sites is 1. The van der Waals surface area contributed by atoms with Crippen LogP contribution in [0.5, 0.6) is 0 Å². The minimum Gasteiger partial charge on any atom is -0.465 e. The smallest absolute Gasteiger partial charge is 0.339 e. The van der Waals surface area contributed by atoms with Crippen molar-refractivity contribution in [3.63, 3.8) is 0 Å². The third-order valence-corrected chi connectivity index (χ3v) is 4.37. The first kappa shape index (κ1) is 17.7. The van der Waals surface area contributed by atoms with Crippen molar-refractivity contribution in [2.24, 2.45) is 11.8 Å². The molecule has 0 heterocycles. The predicted molar refractivity (Wildman–Crippen MR) is 97.8 cm³/mol. The van der Waals surface area contributed by atoms with Gasteiger partial charge in [-0.05, 0) is 37.6 Å². The zero-order valence-corrected chi connectivity index (χ0v) is 14.6. The van der Waals surface area contributed by atoms with Crippen molar-refractivity contribution < 1.29 is 19.1 Å². The highest BCUT2D eigenvalue weighted by Crippen LogP contribution is 2.40. The Labute approximate surface area is 151 Å². The molecule has 0 bridgehead atoms. The summed E-state index contributed by atoms with van der Waals surface area (Å²) in [4.78, 5) is 36.5. The summed E-state index contributed by atoms with van der Waals surface area (Å²) < 4.78 is 4.71. The Kier molecular flexibility index (Phi) is 5.02. The quantitative estimate of drug-likeness (QED) is 0.810. The third kappa shape index (κ3) is 3.91. The highest BCUT2D eigenvalue weighted by atomic mass is 16.5. The number of carbonyl (C=O) groups is 3. The van der Waals surface area contributed by atoms with Gasteiger partial charge in [-0.2, -0.15) is 0 Å². The van der Waals surface area contributed by atoms with Crippen molar-refractivity contribution in [3.05, 3.63) is 59.7 Å². The number of ether oxygens (including phenoxy) is 1. The van der Waals surface area contributed by atoms with E-state index in [-0.39, 0.29) is 23.3 Å². The number of hydrogen-bond donors (Lipinski definition) is 2. The lowest BCUT2D eigenvalue weighted by molar-refractivity contribution is -0.122. The molecule has 6 heteroatoms. The van der Waals surface area contributed by atoms with Gasteiger partial charge >= 0.3 is 5.97 Å². The summed E-state index contributed by atoms with van der Waals surface area (Å²) in [5.74, 6) is -1.72. The topological polar surface area (TPSA) is 84.5 Å². The SMILES string of the molecule is COC(=O)c1ccccc1NC(=O)C1CC1C(=O)Nc1ccc(C)cc1. The third-order valence-electron chi connectivity index (χ3n) is 4.37. The van der Waals surface area contributed by atoms with Crippen LogP contribution in [-0.2, 0) is 14.3 Å². The monoisotopic (exact) mass is 352 g/mol. The largest absolute Gasteiger partial charge is 0.465 e. The fourth-order valence-electron chi connectivity index (χ4n) is 2.75. The molecule has 0 spiro atoms. The summed E-state index contributed by atoms with van der Waals surface area (Å²) in [6, 6.07) is 14.1. The summed E-state index contributed by atoms with van der Waals surface area (Å²) in [7, 11) is 1.28. The van der Waals surface area contributed by atoms with E-state index in [0.29, 0.717) is 17.8 Å². The summed E-state index contributed by atoms with van der Waals surface area (Å²) in [6.07, 6.45) is 0.490. The van der Waals surface area contributed by atoms with Crippen LogP contribution in [0.3, 0.4) is 0 Å². The Morgan fingerprint density at radius 2 is 1.54 bits per heavy atom. The molecule has 2 aromatic rings. The van der Waals surface area contributed by atoms with Crippen molar-refractivity contribution in [3.8, 4) is 0 Å². The van der Waals surface area contributed by atoms with E-state index in [1.54, 1.807) is 24.3 Å². The number of aryl methyl sites for hydroxylation is 1. The van der Waals surface area contributed by atoms with Crippen LogP contribution in [-0.4, -0.2) is 24.9 Å². The van der Waals surface area contributed by atoms with Gasteiger partial charge in [0.05, 0.1) is 30.2 Å². The molecule has 2 amide bonds. The lowest BCUT2D eigenvalue weighted by Gasteiger charge is -2.09. The molecule has 1 aliphatic carbocycles. The highest BCUT2D eigenvalue weighted by Gasteiger charge is 2.48. The van der Waals surface area contributed by atoms with E-state index in [0.717, 1.165) is 5.56 Å². The zero-order valence-electron chi connectivity index (χ0n) is 14.6. The molecule has 26 heavy (non-hydrogen) atoms. The van der Waals surface area contributed by atoms with E-state index >= 15 is 0 Å². The fraction of sp³-hybridized carbons (Fsp3) is 0.250.